The molecule has 2 aromatic rings. The van der Waals surface area contributed by atoms with E-state index in [-0.39, 0.29) is 11.7 Å². The smallest absolute Gasteiger partial charge is 0.228 e. The molecule has 4 nitrogen and oxygen atoms in total. The summed E-state index contributed by atoms with van der Waals surface area (Å²) >= 11 is 0. The SMILES string of the molecule is Cc1ccc(F)c(Oc2cc3c(cc2N)CC(=O)N3)c1. The predicted molar refractivity (Wildman–Crippen MR) is 74.4 cm³/mol. The van der Waals surface area contributed by atoms with Crippen molar-refractivity contribution < 1.29 is 13.9 Å². The third kappa shape index (κ3) is 2.18. The molecule has 1 heterocycles. The van der Waals surface area contributed by atoms with Crippen LogP contribution in [0.15, 0.2) is 30.3 Å². The van der Waals surface area contributed by atoms with Gasteiger partial charge in [-0.15, -0.1) is 0 Å². The fourth-order valence-electron chi connectivity index (χ4n) is 2.17. The highest BCUT2D eigenvalue weighted by atomic mass is 19.1. The Bertz CT molecular complexity index is 713. The van der Waals surface area contributed by atoms with Gasteiger partial charge in [0.2, 0.25) is 5.91 Å². The second-order valence-electron chi connectivity index (χ2n) is 4.81. The summed E-state index contributed by atoms with van der Waals surface area (Å²) in [5.74, 6) is -0.103. The van der Waals surface area contributed by atoms with Gasteiger partial charge in [-0.25, -0.2) is 4.39 Å². The summed E-state index contributed by atoms with van der Waals surface area (Å²) in [6.45, 7) is 1.85. The molecule has 102 valence electrons. The molecule has 0 aliphatic carbocycles. The Morgan fingerprint density at radius 3 is 2.85 bits per heavy atom. The molecule has 0 saturated heterocycles. The molecule has 20 heavy (non-hydrogen) atoms. The first-order valence-electron chi connectivity index (χ1n) is 6.19. The number of aryl methyl sites for hydroxylation is 1. The minimum atomic E-state index is -0.459. The Hall–Kier alpha value is -2.56. The molecule has 3 N–H and O–H groups in total. The molecule has 0 radical (unpaired) electrons. The van der Waals surface area contributed by atoms with Gasteiger partial charge in [0.1, 0.15) is 0 Å². The van der Waals surface area contributed by atoms with Crippen LogP contribution in [-0.2, 0) is 11.2 Å². The van der Waals surface area contributed by atoms with Crippen LogP contribution in [0.1, 0.15) is 11.1 Å². The third-order valence-electron chi connectivity index (χ3n) is 3.17. The number of nitrogens with two attached hydrogens (primary N) is 1. The van der Waals surface area contributed by atoms with Gasteiger partial charge in [0, 0.05) is 11.8 Å². The maximum Gasteiger partial charge on any atom is 0.228 e. The third-order valence-corrected chi connectivity index (χ3v) is 3.17. The Kier molecular flexibility index (Phi) is 2.82. The first-order chi connectivity index (χ1) is 9.52. The van der Waals surface area contributed by atoms with Gasteiger partial charge in [-0.3, -0.25) is 4.79 Å². The van der Waals surface area contributed by atoms with Crippen LogP contribution in [0.25, 0.3) is 0 Å². The Morgan fingerprint density at radius 2 is 2.05 bits per heavy atom. The molecular weight excluding hydrogens is 259 g/mol. The van der Waals surface area contributed by atoms with Crippen LogP contribution in [0, 0.1) is 12.7 Å². The number of hydrogen-bond acceptors (Lipinski definition) is 3. The number of nitrogen functional groups attached to an aromatic ring is 1. The number of halogens is 1. The quantitative estimate of drug-likeness (QED) is 0.826. The molecule has 0 spiro atoms. The van der Waals surface area contributed by atoms with Crippen molar-refractivity contribution >= 4 is 17.3 Å². The van der Waals surface area contributed by atoms with E-state index in [0.717, 1.165) is 11.1 Å². The number of amides is 1. The molecule has 5 heteroatoms. The number of carbonyl (C=O) groups excluding carboxylic acids is 1. The zero-order valence-electron chi connectivity index (χ0n) is 10.9. The number of anilines is 2. The van der Waals surface area contributed by atoms with Crippen LogP contribution in [0.3, 0.4) is 0 Å². The fourth-order valence-corrected chi connectivity index (χ4v) is 2.17. The first-order valence-corrected chi connectivity index (χ1v) is 6.19. The summed E-state index contributed by atoms with van der Waals surface area (Å²) in [5, 5.41) is 2.71. The zero-order valence-corrected chi connectivity index (χ0v) is 10.9. The summed E-state index contributed by atoms with van der Waals surface area (Å²) in [4.78, 5) is 11.3. The van der Waals surface area contributed by atoms with Crippen molar-refractivity contribution in [2.45, 2.75) is 13.3 Å². The molecule has 0 bridgehead atoms. The molecule has 0 aromatic heterocycles. The standard InChI is InChI=1S/C15H13FN2O2/c1-8-2-3-10(16)13(4-8)20-14-7-12-9(5-11(14)17)6-15(19)18-12/h2-5,7H,6,17H2,1H3,(H,18,19). The lowest BCUT2D eigenvalue weighted by molar-refractivity contribution is -0.115. The van der Waals surface area contributed by atoms with E-state index in [1.807, 2.05) is 6.92 Å². The van der Waals surface area contributed by atoms with E-state index < -0.39 is 5.82 Å². The molecule has 3 rings (SSSR count). The van der Waals surface area contributed by atoms with Gasteiger partial charge in [0.15, 0.2) is 17.3 Å². The van der Waals surface area contributed by atoms with Gasteiger partial charge >= 0.3 is 0 Å². The van der Waals surface area contributed by atoms with E-state index in [0.29, 0.717) is 23.5 Å². The average molecular weight is 272 g/mol. The predicted octanol–water partition coefficient (Wildman–Crippen LogP) is 3.00. The molecule has 0 fully saturated rings. The monoisotopic (exact) mass is 272 g/mol. The molecule has 0 saturated carbocycles. The van der Waals surface area contributed by atoms with E-state index in [2.05, 4.69) is 5.32 Å². The molecule has 1 amide bonds. The van der Waals surface area contributed by atoms with E-state index in [1.165, 1.54) is 6.07 Å². The summed E-state index contributed by atoms with van der Waals surface area (Å²) < 4.78 is 19.2. The van der Waals surface area contributed by atoms with Crippen LogP contribution in [-0.4, -0.2) is 5.91 Å². The maximum absolute atomic E-state index is 13.7. The van der Waals surface area contributed by atoms with Crippen molar-refractivity contribution in [1.82, 2.24) is 0 Å². The van der Waals surface area contributed by atoms with Crippen molar-refractivity contribution in [3.05, 3.63) is 47.3 Å². The van der Waals surface area contributed by atoms with E-state index in [9.17, 15) is 9.18 Å². The Labute approximate surface area is 115 Å². The van der Waals surface area contributed by atoms with Crippen molar-refractivity contribution in [2.75, 3.05) is 11.1 Å². The van der Waals surface area contributed by atoms with Crippen LogP contribution in [0.5, 0.6) is 11.5 Å². The maximum atomic E-state index is 13.7. The second-order valence-corrected chi connectivity index (χ2v) is 4.81. The van der Waals surface area contributed by atoms with Gasteiger partial charge in [-0.1, -0.05) is 6.07 Å². The summed E-state index contributed by atoms with van der Waals surface area (Å²) in [5.41, 5.74) is 8.63. The van der Waals surface area contributed by atoms with Crippen LogP contribution in [0.2, 0.25) is 0 Å². The van der Waals surface area contributed by atoms with Gasteiger partial charge in [-0.05, 0) is 36.2 Å². The van der Waals surface area contributed by atoms with Crippen molar-refractivity contribution in [1.29, 1.82) is 0 Å². The highest BCUT2D eigenvalue weighted by Crippen LogP contribution is 2.36. The molecule has 1 aliphatic rings. The molecular formula is C15H13FN2O2. The number of benzene rings is 2. The van der Waals surface area contributed by atoms with Gasteiger partial charge in [-0.2, -0.15) is 0 Å². The Morgan fingerprint density at radius 1 is 1.25 bits per heavy atom. The number of ether oxygens (including phenoxy) is 1. The molecule has 0 atom stereocenters. The van der Waals surface area contributed by atoms with Crippen LogP contribution in [0.4, 0.5) is 15.8 Å². The van der Waals surface area contributed by atoms with Gasteiger partial charge < -0.3 is 15.8 Å². The van der Waals surface area contributed by atoms with Gasteiger partial charge in [0.25, 0.3) is 0 Å². The summed E-state index contributed by atoms with van der Waals surface area (Å²) in [6.07, 6.45) is 0.304. The molecule has 0 unspecified atom stereocenters. The number of nitrogens with one attached hydrogen (secondary N) is 1. The molecule has 2 aromatic carbocycles. The highest BCUT2D eigenvalue weighted by molar-refractivity contribution is 6.00. The molecule has 1 aliphatic heterocycles. The van der Waals surface area contributed by atoms with Gasteiger partial charge in [0.05, 0.1) is 12.1 Å². The lowest BCUT2D eigenvalue weighted by Gasteiger charge is -2.11. The second kappa shape index (κ2) is 4.52. The lowest BCUT2D eigenvalue weighted by Crippen LogP contribution is -2.03. The lowest BCUT2D eigenvalue weighted by atomic mass is 10.1. The van der Waals surface area contributed by atoms with Crippen LogP contribution >= 0.6 is 0 Å². The largest absolute Gasteiger partial charge is 0.452 e. The first kappa shape index (κ1) is 12.5. The summed E-state index contributed by atoms with van der Waals surface area (Å²) in [7, 11) is 0. The van der Waals surface area contributed by atoms with E-state index in [4.69, 9.17) is 10.5 Å². The van der Waals surface area contributed by atoms with Crippen molar-refractivity contribution in [3.8, 4) is 11.5 Å². The van der Waals surface area contributed by atoms with E-state index in [1.54, 1.807) is 24.3 Å². The fraction of sp³-hybridized carbons (Fsp3) is 0.133. The zero-order chi connectivity index (χ0) is 14.3. The topological polar surface area (TPSA) is 64.3 Å². The number of carbonyl (C=O) groups is 1. The Balaban J connectivity index is 1.97. The van der Waals surface area contributed by atoms with Crippen LogP contribution < -0.4 is 15.8 Å². The normalized spacial score (nSPS) is 13.0. The highest BCUT2D eigenvalue weighted by Gasteiger charge is 2.20. The number of fused-ring (bicyclic) bond motifs is 1. The van der Waals surface area contributed by atoms with Crippen molar-refractivity contribution in [3.63, 3.8) is 0 Å². The summed E-state index contributed by atoms with van der Waals surface area (Å²) in [6, 6.07) is 7.90. The van der Waals surface area contributed by atoms with E-state index >= 15 is 0 Å². The average Bonchev–Trinajstić information content (AvgIpc) is 2.73. The minimum absolute atomic E-state index is 0.0849. The van der Waals surface area contributed by atoms with Crippen molar-refractivity contribution in [2.24, 2.45) is 0 Å². The minimum Gasteiger partial charge on any atom is -0.452 e. The number of hydrogen-bond donors (Lipinski definition) is 2. The number of rotatable bonds is 2.